The van der Waals surface area contributed by atoms with Gasteiger partial charge in [0, 0.05) is 28.9 Å². The van der Waals surface area contributed by atoms with Crippen molar-refractivity contribution < 1.29 is 9.18 Å². The third-order valence-electron chi connectivity index (χ3n) is 5.14. The summed E-state index contributed by atoms with van der Waals surface area (Å²) in [7, 11) is 0. The number of anilines is 2. The molecular weight excluding hydrogens is 367 g/mol. The molecular formula is C23H23FN4O. The van der Waals surface area contributed by atoms with Crippen LogP contribution in [-0.4, -0.2) is 21.9 Å². The molecule has 5 nitrogen and oxygen atoms in total. The van der Waals surface area contributed by atoms with Crippen molar-refractivity contribution in [3.05, 3.63) is 72.3 Å². The van der Waals surface area contributed by atoms with Crippen molar-refractivity contribution in [2.45, 2.75) is 38.1 Å². The van der Waals surface area contributed by atoms with Crippen molar-refractivity contribution >= 4 is 17.4 Å². The molecule has 1 aliphatic rings. The number of rotatable bonds is 5. The first-order valence-corrected chi connectivity index (χ1v) is 9.93. The molecule has 0 spiro atoms. The molecule has 0 bridgehead atoms. The second-order valence-corrected chi connectivity index (χ2v) is 7.31. The molecule has 3 aromatic rings. The Morgan fingerprint density at radius 1 is 0.966 bits per heavy atom. The van der Waals surface area contributed by atoms with Crippen molar-refractivity contribution in [2.75, 3.05) is 5.32 Å². The van der Waals surface area contributed by atoms with Crippen molar-refractivity contribution in [3.63, 3.8) is 0 Å². The van der Waals surface area contributed by atoms with Gasteiger partial charge in [-0.05, 0) is 55.3 Å². The van der Waals surface area contributed by atoms with Crippen LogP contribution >= 0.6 is 0 Å². The Bertz CT molecular complexity index is 984. The Morgan fingerprint density at radius 2 is 1.76 bits per heavy atom. The van der Waals surface area contributed by atoms with Gasteiger partial charge in [0.05, 0.1) is 5.69 Å². The number of benzene rings is 2. The molecule has 0 unspecified atom stereocenters. The van der Waals surface area contributed by atoms with E-state index in [1.807, 2.05) is 24.3 Å². The van der Waals surface area contributed by atoms with Crippen LogP contribution in [0.3, 0.4) is 0 Å². The van der Waals surface area contributed by atoms with E-state index in [1.165, 1.54) is 37.7 Å². The normalized spacial score (nSPS) is 14.4. The van der Waals surface area contributed by atoms with Crippen molar-refractivity contribution in [1.29, 1.82) is 0 Å². The van der Waals surface area contributed by atoms with Gasteiger partial charge in [-0.1, -0.05) is 25.3 Å². The quantitative estimate of drug-likeness (QED) is 0.637. The van der Waals surface area contributed by atoms with E-state index in [2.05, 4.69) is 20.6 Å². The number of aromatic nitrogens is 2. The van der Waals surface area contributed by atoms with Crippen LogP contribution in [0.5, 0.6) is 0 Å². The molecule has 0 radical (unpaired) electrons. The Kier molecular flexibility index (Phi) is 5.79. The highest BCUT2D eigenvalue weighted by molar-refractivity contribution is 5.95. The number of carbonyl (C=O) groups is 1. The molecule has 0 aliphatic heterocycles. The van der Waals surface area contributed by atoms with Crippen LogP contribution in [0, 0.1) is 5.82 Å². The Morgan fingerprint density at radius 3 is 2.55 bits per heavy atom. The molecule has 2 aromatic carbocycles. The van der Waals surface area contributed by atoms with Gasteiger partial charge in [0.25, 0.3) is 5.91 Å². The third kappa shape index (κ3) is 4.96. The molecule has 2 N–H and O–H groups in total. The van der Waals surface area contributed by atoms with Crippen LogP contribution in [0.15, 0.2) is 60.9 Å². The lowest BCUT2D eigenvalue weighted by atomic mass is 9.95. The van der Waals surface area contributed by atoms with E-state index in [9.17, 15) is 9.18 Å². The van der Waals surface area contributed by atoms with E-state index in [1.54, 1.807) is 18.2 Å². The highest BCUT2D eigenvalue weighted by Gasteiger charge is 2.16. The minimum absolute atomic E-state index is 0.0461. The number of hydrogen-bond acceptors (Lipinski definition) is 4. The fourth-order valence-corrected chi connectivity index (χ4v) is 3.61. The number of nitrogens with one attached hydrogen (secondary N) is 2. The Hall–Kier alpha value is -3.28. The zero-order valence-electron chi connectivity index (χ0n) is 16.1. The lowest BCUT2D eigenvalue weighted by molar-refractivity contribution is 0.0927. The van der Waals surface area contributed by atoms with Gasteiger partial charge < -0.3 is 10.6 Å². The summed E-state index contributed by atoms with van der Waals surface area (Å²) in [6, 6.07) is 15.6. The SMILES string of the molecule is O=C(NC1CCCCC1)c1cccc(Nc2cc(-c3ccc(F)cc3)ncn2)c1. The number of amides is 1. The molecule has 1 fully saturated rings. The van der Waals surface area contributed by atoms with Crippen molar-refractivity contribution in [2.24, 2.45) is 0 Å². The molecule has 1 saturated carbocycles. The largest absolute Gasteiger partial charge is 0.349 e. The fraction of sp³-hybridized carbons (Fsp3) is 0.261. The van der Waals surface area contributed by atoms with E-state index < -0.39 is 0 Å². The second kappa shape index (κ2) is 8.82. The summed E-state index contributed by atoms with van der Waals surface area (Å²) >= 11 is 0. The topological polar surface area (TPSA) is 66.9 Å². The zero-order valence-corrected chi connectivity index (χ0v) is 16.1. The summed E-state index contributed by atoms with van der Waals surface area (Å²) in [5, 5.41) is 6.36. The first-order chi connectivity index (χ1) is 14.2. The number of carbonyl (C=O) groups excluding carboxylic acids is 1. The summed E-state index contributed by atoms with van der Waals surface area (Å²) in [6.07, 6.45) is 7.17. The highest BCUT2D eigenvalue weighted by Crippen LogP contribution is 2.22. The summed E-state index contributed by atoms with van der Waals surface area (Å²) in [4.78, 5) is 21.1. The average Bonchev–Trinajstić information content (AvgIpc) is 2.75. The summed E-state index contributed by atoms with van der Waals surface area (Å²) in [6.45, 7) is 0. The van der Waals surface area contributed by atoms with Gasteiger partial charge in [0.1, 0.15) is 18.0 Å². The van der Waals surface area contributed by atoms with Crippen LogP contribution in [0.1, 0.15) is 42.5 Å². The predicted octanol–water partition coefficient (Wildman–Crippen LogP) is 5.09. The number of hydrogen-bond donors (Lipinski definition) is 2. The van der Waals surface area contributed by atoms with Crippen LogP contribution < -0.4 is 10.6 Å². The van der Waals surface area contributed by atoms with Gasteiger partial charge in [-0.15, -0.1) is 0 Å². The van der Waals surface area contributed by atoms with Gasteiger partial charge in [-0.2, -0.15) is 0 Å². The van der Waals surface area contributed by atoms with Crippen molar-refractivity contribution in [1.82, 2.24) is 15.3 Å². The van der Waals surface area contributed by atoms with E-state index in [-0.39, 0.29) is 17.8 Å². The molecule has 6 heteroatoms. The van der Waals surface area contributed by atoms with Gasteiger partial charge >= 0.3 is 0 Å². The molecule has 1 heterocycles. The van der Waals surface area contributed by atoms with E-state index in [0.717, 1.165) is 24.1 Å². The molecule has 0 saturated heterocycles. The van der Waals surface area contributed by atoms with E-state index >= 15 is 0 Å². The first-order valence-electron chi connectivity index (χ1n) is 9.93. The molecule has 0 atom stereocenters. The number of halogens is 1. The molecule has 1 aliphatic carbocycles. The monoisotopic (exact) mass is 390 g/mol. The highest BCUT2D eigenvalue weighted by atomic mass is 19.1. The van der Waals surface area contributed by atoms with Crippen LogP contribution in [0.25, 0.3) is 11.3 Å². The molecule has 148 valence electrons. The third-order valence-corrected chi connectivity index (χ3v) is 5.14. The van der Waals surface area contributed by atoms with E-state index in [4.69, 9.17) is 0 Å². The predicted molar refractivity (Wildman–Crippen MR) is 111 cm³/mol. The number of nitrogens with zero attached hydrogens (tertiary/aromatic N) is 2. The first kappa shape index (κ1) is 19.1. The van der Waals surface area contributed by atoms with Crippen LogP contribution in [0.2, 0.25) is 0 Å². The zero-order chi connectivity index (χ0) is 20.1. The second-order valence-electron chi connectivity index (χ2n) is 7.31. The molecule has 1 amide bonds. The standard InChI is InChI=1S/C23H23FN4O/c24-18-11-9-16(10-12-18)21-14-22(26-15-25-21)27-20-8-4-5-17(13-20)23(29)28-19-6-2-1-3-7-19/h4-5,8-15,19H,1-3,6-7H2,(H,28,29)(H,25,26,27). The molecule has 1 aromatic heterocycles. The maximum atomic E-state index is 13.1. The summed E-state index contributed by atoms with van der Waals surface area (Å²) in [5.41, 5.74) is 2.88. The van der Waals surface area contributed by atoms with Gasteiger partial charge in [0.2, 0.25) is 0 Å². The van der Waals surface area contributed by atoms with Gasteiger partial charge in [-0.25, -0.2) is 14.4 Å². The maximum absolute atomic E-state index is 13.1. The molecule has 29 heavy (non-hydrogen) atoms. The smallest absolute Gasteiger partial charge is 0.251 e. The lowest BCUT2D eigenvalue weighted by Crippen LogP contribution is -2.36. The summed E-state index contributed by atoms with van der Waals surface area (Å²) < 4.78 is 13.1. The van der Waals surface area contributed by atoms with Crippen LogP contribution in [0.4, 0.5) is 15.9 Å². The Labute approximate surface area is 169 Å². The van der Waals surface area contributed by atoms with Gasteiger partial charge in [-0.3, -0.25) is 4.79 Å². The van der Waals surface area contributed by atoms with Crippen molar-refractivity contribution in [3.8, 4) is 11.3 Å². The van der Waals surface area contributed by atoms with Crippen LogP contribution in [-0.2, 0) is 0 Å². The fourth-order valence-electron chi connectivity index (χ4n) is 3.61. The summed E-state index contributed by atoms with van der Waals surface area (Å²) in [5.74, 6) is 0.267. The minimum atomic E-state index is -0.288. The Balaban J connectivity index is 1.47. The van der Waals surface area contributed by atoms with Gasteiger partial charge in [0.15, 0.2) is 0 Å². The molecule has 4 rings (SSSR count). The maximum Gasteiger partial charge on any atom is 0.251 e. The lowest BCUT2D eigenvalue weighted by Gasteiger charge is -2.22. The van der Waals surface area contributed by atoms with E-state index in [0.29, 0.717) is 17.1 Å². The minimum Gasteiger partial charge on any atom is -0.349 e. The average molecular weight is 390 g/mol.